The molecule has 4 aromatic carbocycles. The van der Waals surface area contributed by atoms with Crippen molar-refractivity contribution in [3.63, 3.8) is 0 Å². The largest absolute Gasteiger partial charge is 0.497 e. The second-order valence-corrected chi connectivity index (χ2v) is 13.4. The Hall–Kier alpha value is -4.35. The molecule has 0 bridgehead atoms. The van der Waals surface area contributed by atoms with Gasteiger partial charge < -0.3 is 19.7 Å². The van der Waals surface area contributed by atoms with E-state index in [4.69, 9.17) is 9.47 Å². The van der Waals surface area contributed by atoms with Crippen LogP contribution in [0.15, 0.2) is 106 Å². The summed E-state index contributed by atoms with van der Waals surface area (Å²) >= 11 is 3.50. The first-order valence-electron chi connectivity index (χ1n) is 14.7. The van der Waals surface area contributed by atoms with Crippen LogP contribution in [-0.4, -0.2) is 58.5 Å². The van der Waals surface area contributed by atoms with Crippen molar-refractivity contribution in [2.75, 3.05) is 31.6 Å². The molecule has 4 rings (SSSR count). The Morgan fingerprint density at radius 1 is 0.870 bits per heavy atom. The minimum absolute atomic E-state index is 0.00104. The summed E-state index contributed by atoms with van der Waals surface area (Å²) in [6.45, 7) is 3.47. The zero-order valence-electron chi connectivity index (χ0n) is 26.3. The fraction of sp³-hybridized carbons (Fsp3) is 0.257. The highest BCUT2D eigenvalue weighted by atomic mass is 79.9. The summed E-state index contributed by atoms with van der Waals surface area (Å²) in [6, 6.07) is 27.0. The zero-order chi connectivity index (χ0) is 33.3. The zero-order valence-corrected chi connectivity index (χ0v) is 28.7. The Bertz CT molecular complexity index is 1750. The predicted molar refractivity (Wildman–Crippen MR) is 183 cm³/mol. The van der Waals surface area contributed by atoms with Gasteiger partial charge in [-0.3, -0.25) is 13.9 Å². The molecule has 1 atom stereocenters. The maximum Gasteiger partial charge on any atom is 0.264 e. The quantitative estimate of drug-likeness (QED) is 0.179. The molecule has 2 amide bonds. The number of anilines is 1. The van der Waals surface area contributed by atoms with E-state index in [-0.39, 0.29) is 35.2 Å². The molecular formula is C35H38BrN3O6S. The number of likely N-dealkylation sites (N-methyl/N-ethyl adjacent to an activating group) is 1. The third-order valence-electron chi connectivity index (χ3n) is 7.41. The van der Waals surface area contributed by atoms with Gasteiger partial charge in [0.2, 0.25) is 11.8 Å². The van der Waals surface area contributed by atoms with Crippen LogP contribution in [0.25, 0.3) is 0 Å². The van der Waals surface area contributed by atoms with Crippen LogP contribution in [0.1, 0.15) is 23.6 Å². The number of methoxy groups -OCH3 is 2. The molecule has 0 spiro atoms. The number of carbonyl (C=O) groups excluding carboxylic acids is 2. The summed E-state index contributed by atoms with van der Waals surface area (Å²) in [5.74, 6) is -0.315. The van der Waals surface area contributed by atoms with Crippen molar-refractivity contribution in [2.24, 2.45) is 0 Å². The molecule has 4 aromatic rings. The molecular weight excluding hydrogens is 670 g/mol. The molecule has 1 N–H and O–H groups in total. The van der Waals surface area contributed by atoms with Gasteiger partial charge in [-0.1, -0.05) is 76.1 Å². The molecule has 0 saturated heterocycles. The Morgan fingerprint density at radius 3 is 2.20 bits per heavy atom. The molecule has 0 heterocycles. The summed E-state index contributed by atoms with van der Waals surface area (Å²) in [7, 11) is -1.42. The first-order chi connectivity index (χ1) is 22.1. The lowest BCUT2D eigenvalue weighted by Crippen LogP contribution is -2.53. The standard InChI is InChI=1S/C35H38BrN3O6S/c1-5-37-35(41)32(21-26-10-7-6-8-11-26)38(23-27-12-9-13-28(36)20-27)34(40)24-39(31-22-29(44-3)16-19-33(31)45-4)46(42,43)30-17-14-25(2)15-18-30/h6-20,22,32H,5,21,23-24H2,1-4H3,(H,37,41)/t32-/m0/s1. The van der Waals surface area contributed by atoms with Crippen molar-refractivity contribution >= 4 is 43.5 Å². The number of benzene rings is 4. The van der Waals surface area contributed by atoms with Crippen LogP contribution in [0.3, 0.4) is 0 Å². The number of halogens is 1. The summed E-state index contributed by atoms with van der Waals surface area (Å²) in [6.07, 6.45) is 0.222. The summed E-state index contributed by atoms with van der Waals surface area (Å²) in [4.78, 5) is 29.7. The minimum atomic E-state index is -4.31. The predicted octanol–water partition coefficient (Wildman–Crippen LogP) is 5.75. The molecule has 0 aliphatic rings. The van der Waals surface area contributed by atoms with Gasteiger partial charge in [0.15, 0.2) is 0 Å². The van der Waals surface area contributed by atoms with Crippen molar-refractivity contribution in [1.82, 2.24) is 10.2 Å². The first-order valence-corrected chi connectivity index (χ1v) is 17.0. The van der Waals surface area contributed by atoms with Gasteiger partial charge in [-0.2, -0.15) is 0 Å². The number of hydrogen-bond acceptors (Lipinski definition) is 6. The van der Waals surface area contributed by atoms with Crippen LogP contribution >= 0.6 is 15.9 Å². The smallest absolute Gasteiger partial charge is 0.264 e. The fourth-order valence-corrected chi connectivity index (χ4v) is 6.88. The van der Waals surface area contributed by atoms with E-state index in [0.29, 0.717) is 12.3 Å². The average Bonchev–Trinajstić information content (AvgIpc) is 3.05. The Labute approximate surface area is 279 Å². The third kappa shape index (κ3) is 8.46. The molecule has 0 saturated carbocycles. The highest BCUT2D eigenvalue weighted by Gasteiger charge is 2.35. The van der Waals surface area contributed by atoms with Gasteiger partial charge in [-0.15, -0.1) is 0 Å². The number of hydrogen-bond donors (Lipinski definition) is 1. The lowest BCUT2D eigenvalue weighted by atomic mass is 10.0. The first kappa shape index (κ1) is 34.5. The van der Waals surface area contributed by atoms with Gasteiger partial charge in [-0.05, 0) is 61.4 Å². The number of carbonyl (C=O) groups is 2. The van der Waals surface area contributed by atoms with E-state index in [9.17, 15) is 18.0 Å². The van der Waals surface area contributed by atoms with Crippen LogP contribution < -0.4 is 19.1 Å². The molecule has 0 aliphatic heterocycles. The van der Waals surface area contributed by atoms with Crippen molar-refractivity contribution in [2.45, 2.75) is 37.8 Å². The van der Waals surface area contributed by atoms with E-state index < -0.39 is 28.5 Å². The van der Waals surface area contributed by atoms with E-state index >= 15 is 0 Å². The maximum atomic E-state index is 14.6. The number of aryl methyl sites for hydroxylation is 1. The summed E-state index contributed by atoms with van der Waals surface area (Å²) in [5.41, 5.74) is 2.61. The highest BCUT2D eigenvalue weighted by molar-refractivity contribution is 9.10. The lowest BCUT2D eigenvalue weighted by Gasteiger charge is -2.34. The van der Waals surface area contributed by atoms with E-state index in [1.165, 1.54) is 37.3 Å². The molecule has 0 aromatic heterocycles. The SMILES string of the molecule is CCNC(=O)[C@H](Cc1ccccc1)N(Cc1cccc(Br)c1)C(=O)CN(c1cc(OC)ccc1OC)S(=O)(=O)c1ccc(C)cc1. The minimum Gasteiger partial charge on any atom is -0.497 e. The van der Waals surface area contributed by atoms with Crippen LogP contribution in [-0.2, 0) is 32.6 Å². The molecule has 9 nitrogen and oxygen atoms in total. The Morgan fingerprint density at radius 2 is 1.57 bits per heavy atom. The number of rotatable bonds is 14. The van der Waals surface area contributed by atoms with Gasteiger partial charge in [0.25, 0.3) is 10.0 Å². The lowest BCUT2D eigenvalue weighted by molar-refractivity contribution is -0.140. The highest BCUT2D eigenvalue weighted by Crippen LogP contribution is 2.36. The van der Waals surface area contributed by atoms with E-state index in [1.54, 1.807) is 24.3 Å². The van der Waals surface area contributed by atoms with Gasteiger partial charge in [0, 0.05) is 30.0 Å². The van der Waals surface area contributed by atoms with Crippen LogP contribution in [0, 0.1) is 6.92 Å². The molecule has 0 unspecified atom stereocenters. The maximum absolute atomic E-state index is 14.6. The number of ether oxygens (including phenoxy) is 2. The van der Waals surface area contributed by atoms with E-state index in [2.05, 4.69) is 21.2 Å². The van der Waals surface area contributed by atoms with Crippen molar-refractivity contribution < 1.29 is 27.5 Å². The van der Waals surface area contributed by atoms with Gasteiger partial charge >= 0.3 is 0 Å². The number of amides is 2. The number of sulfonamides is 1. The van der Waals surface area contributed by atoms with Crippen LogP contribution in [0.5, 0.6) is 11.5 Å². The summed E-state index contributed by atoms with van der Waals surface area (Å²) < 4.78 is 41.5. The topological polar surface area (TPSA) is 105 Å². The Balaban J connectivity index is 1.86. The second-order valence-electron chi connectivity index (χ2n) is 10.6. The van der Waals surface area contributed by atoms with E-state index in [1.807, 2.05) is 68.4 Å². The number of nitrogens with zero attached hydrogens (tertiary/aromatic N) is 2. The van der Waals surface area contributed by atoms with Gasteiger partial charge in [0.1, 0.15) is 24.1 Å². The second kappa shape index (κ2) is 15.8. The summed E-state index contributed by atoms with van der Waals surface area (Å²) in [5, 5.41) is 2.87. The van der Waals surface area contributed by atoms with Gasteiger partial charge in [0.05, 0.1) is 24.8 Å². The third-order valence-corrected chi connectivity index (χ3v) is 9.67. The van der Waals surface area contributed by atoms with Crippen LogP contribution in [0.4, 0.5) is 5.69 Å². The van der Waals surface area contributed by atoms with Crippen LogP contribution in [0.2, 0.25) is 0 Å². The molecule has 242 valence electrons. The normalized spacial score (nSPS) is 11.8. The molecule has 0 radical (unpaired) electrons. The monoisotopic (exact) mass is 707 g/mol. The molecule has 0 aliphatic carbocycles. The average molecular weight is 709 g/mol. The molecule has 46 heavy (non-hydrogen) atoms. The number of nitrogens with one attached hydrogen (secondary N) is 1. The Kier molecular flexibility index (Phi) is 11.8. The van der Waals surface area contributed by atoms with Crippen molar-refractivity contribution in [3.8, 4) is 11.5 Å². The fourth-order valence-electron chi connectivity index (χ4n) is 5.02. The van der Waals surface area contributed by atoms with E-state index in [0.717, 1.165) is 25.5 Å². The molecule has 11 heteroatoms. The van der Waals surface area contributed by atoms with Gasteiger partial charge in [-0.25, -0.2) is 8.42 Å². The van der Waals surface area contributed by atoms with Crippen molar-refractivity contribution in [3.05, 3.63) is 118 Å². The van der Waals surface area contributed by atoms with Crippen molar-refractivity contribution in [1.29, 1.82) is 0 Å². The molecule has 0 fully saturated rings.